The number of benzene rings is 1. The Hall–Kier alpha value is -1.14. The average molecular weight is 406 g/mol. The summed E-state index contributed by atoms with van der Waals surface area (Å²) in [7, 11) is 0. The van der Waals surface area contributed by atoms with Gasteiger partial charge in [0.2, 0.25) is 0 Å². The summed E-state index contributed by atoms with van der Waals surface area (Å²) in [5.74, 6) is 3.21. The van der Waals surface area contributed by atoms with E-state index < -0.39 is 0 Å². The summed E-state index contributed by atoms with van der Waals surface area (Å²) in [6, 6.07) is 7.61. The van der Waals surface area contributed by atoms with Crippen molar-refractivity contribution in [1.82, 2.24) is 0 Å². The quantitative estimate of drug-likeness (QED) is 0.749. The molecule has 1 N–H and O–H groups in total. The normalized spacial score (nSPS) is 28.7. The van der Waals surface area contributed by atoms with Gasteiger partial charge in [0.25, 0.3) is 5.91 Å². The first-order chi connectivity index (χ1) is 13.1. The van der Waals surface area contributed by atoms with Crippen LogP contribution in [0.3, 0.4) is 0 Å². The number of carbonyl (C=O) groups is 2. The summed E-state index contributed by atoms with van der Waals surface area (Å²) in [5, 5.41) is 2.80. The van der Waals surface area contributed by atoms with E-state index in [1.165, 1.54) is 30.8 Å². The first-order valence-corrected chi connectivity index (χ1v) is 11.8. The second kappa shape index (κ2) is 8.08. The molecule has 1 spiro atoms. The second-order valence-electron chi connectivity index (χ2n) is 7.94. The number of ether oxygens (including phenoxy) is 1. The van der Waals surface area contributed by atoms with Crippen molar-refractivity contribution in [3.63, 3.8) is 0 Å². The van der Waals surface area contributed by atoms with E-state index in [9.17, 15) is 9.59 Å². The van der Waals surface area contributed by atoms with Crippen molar-refractivity contribution in [2.45, 2.75) is 43.1 Å². The molecule has 1 amide bonds. The van der Waals surface area contributed by atoms with Crippen LogP contribution in [-0.2, 0) is 14.3 Å². The summed E-state index contributed by atoms with van der Waals surface area (Å²) in [6.45, 7) is 1.77. The maximum Gasteiger partial charge on any atom is 0.309 e. The van der Waals surface area contributed by atoms with Crippen LogP contribution in [0.15, 0.2) is 24.3 Å². The van der Waals surface area contributed by atoms with Gasteiger partial charge in [-0.15, -0.1) is 23.5 Å². The highest BCUT2D eigenvalue weighted by molar-refractivity contribution is 8.21. The van der Waals surface area contributed by atoms with Gasteiger partial charge in [0.1, 0.15) is 0 Å². The monoisotopic (exact) mass is 405 g/mol. The minimum absolute atomic E-state index is 0.0421. The third kappa shape index (κ3) is 4.02. The largest absolute Gasteiger partial charge is 0.455 e. The zero-order valence-electron chi connectivity index (χ0n) is 15.7. The Kier molecular flexibility index (Phi) is 5.74. The zero-order valence-corrected chi connectivity index (χ0v) is 17.4. The fourth-order valence-corrected chi connectivity index (χ4v) is 8.91. The van der Waals surface area contributed by atoms with Gasteiger partial charge in [-0.3, -0.25) is 9.59 Å². The van der Waals surface area contributed by atoms with Crippen molar-refractivity contribution in [2.24, 2.45) is 17.8 Å². The molecule has 2 saturated carbocycles. The average Bonchev–Trinajstić information content (AvgIpc) is 3.09. The van der Waals surface area contributed by atoms with Crippen LogP contribution in [-0.4, -0.2) is 34.1 Å². The van der Waals surface area contributed by atoms with E-state index in [-0.39, 0.29) is 24.4 Å². The van der Waals surface area contributed by atoms with Gasteiger partial charge in [0.05, 0.1) is 10.00 Å². The minimum atomic E-state index is -0.275. The van der Waals surface area contributed by atoms with Crippen LogP contribution in [0.4, 0.5) is 5.69 Å². The number of carbonyl (C=O) groups excluding carboxylic acids is 2. The summed E-state index contributed by atoms with van der Waals surface area (Å²) in [5.41, 5.74) is 1.82. The van der Waals surface area contributed by atoms with E-state index in [1.54, 1.807) is 0 Å². The molecule has 3 atom stereocenters. The molecule has 0 aromatic heterocycles. The Labute approximate surface area is 169 Å². The standard InChI is InChI=1S/C21H27NO3S2/c1-14-4-2-7-18(10-14)22-19(23)13-25-20(24)15-11-16-5-3-6-17(12-15)21(16)26-8-9-27-21/h2,4,7,10,15-17H,3,5-6,8-9,11-13H2,1H3,(H,22,23)/t15?,16-,17+. The Morgan fingerprint density at radius 2 is 1.89 bits per heavy atom. The van der Waals surface area contributed by atoms with E-state index in [1.807, 2.05) is 31.2 Å². The minimum Gasteiger partial charge on any atom is -0.455 e. The lowest BCUT2D eigenvalue weighted by molar-refractivity contribution is -0.154. The molecule has 1 saturated heterocycles. The molecular weight excluding hydrogens is 378 g/mol. The van der Waals surface area contributed by atoms with Gasteiger partial charge in [-0.2, -0.15) is 0 Å². The molecular formula is C21H27NO3S2. The highest BCUT2D eigenvalue weighted by Crippen LogP contribution is 2.64. The van der Waals surface area contributed by atoms with Gasteiger partial charge in [-0.1, -0.05) is 18.6 Å². The number of nitrogens with one attached hydrogen (secondary N) is 1. The number of anilines is 1. The van der Waals surface area contributed by atoms with Crippen molar-refractivity contribution in [1.29, 1.82) is 0 Å². The molecule has 6 heteroatoms. The molecule has 1 unspecified atom stereocenters. The lowest BCUT2D eigenvalue weighted by atomic mass is 9.67. The van der Waals surface area contributed by atoms with Crippen LogP contribution in [0.2, 0.25) is 0 Å². The van der Waals surface area contributed by atoms with Gasteiger partial charge in [-0.05, 0) is 62.1 Å². The fourth-order valence-electron chi connectivity index (χ4n) is 4.98. The number of amides is 1. The number of aryl methyl sites for hydroxylation is 1. The summed E-state index contributed by atoms with van der Waals surface area (Å²) >= 11 is 4.28. The topological polar surface area (TPSA) is 55.4 Å². The summed E-state index contributed by atoms with van der Waals surface area (Å²) < 4.78 is 5.76. The maximum absolute atomic E-state index is 12.6. The molecule has 1 aliphatic heterocycles. The predicted molar refractivity (Wildman–Crippen MR) is 112 cm³/mol. The summed E-state index contributed by atoms with van der Waals surface area (Å²) in [6.07, 6.45) is 5.60. The van der Waals surface area contributed by atoms with E-state index in [0.717, 1.165) is 24.1 Å². The van der Waals surface area contributed by atoms with Gasteiger partial charge in [0, 0.05) is 17.2 Å². The van der Waals surface area contributed by atoms with Gasteiger partial charge < -0.3 is 10.1 Å². The van der Waals surface area contributed by atoms with E-state index in [4.69, 9.17) is 4.74 Å². The van der Waals surface area contributed by atoms with E-state index >= 15 is 0 Å². The van der Waals surface area contributed by atoms with Gasteiger partial charge in [-0.25, -0.2) is 0 Å². The predicted octanol–water partition coefficient (Wildman–Crippen LogP) is 4.48. The molecule has 1 heterocycles. The van der Waals surface area contributed by atoms with Crippen LogP contribution in [0.25, 0.3) is 0 Å². The van der Waals surface area contributed by atoms with Crippen LogP contribution in [0.5, 0.6) is 0 Å². The molecule has 3 fully saturated rings. The highest BCUT2D eigenvalue weighted by atomic mass is 32.2. The number of hydrogen-bond donors (Lipinski definition) is 1. The molecule has 2 aliphatic carbocycles. The zero-order chi connectivity index (χ0) is 18.9. The van der Waals surface area contributed by atoms with Crippen LogP contribution in [0, 0.1) is 24.7 Å². The van der Waals surface area contributed by atoms with E-state index in [2.05, 4.69) is 28.8 Å². The Bertz CT molecular complexity index is 701. The van der Waals surface area contributed by atoms with Crippen LogP contribution < -0.4 is 5.32 Å². The van der Waals surface area contributed by atoms with Gasteiger partial charge >= 0.3 is 5.97 Å². The first-order valence-electron chi connectivity index (χ1n) is 9.88. The Morgan fingerprint density at radius 3 is 2.56 bits per heavy atom. The third-order valence-corrected chi connectivity index (χ3v) is 10.1. The Balaban J connectivity index is 1.31. The molecule has 1 aromatic carbocycles. The number of thioether (sulfide) groups is 2. The third-order valence-electron chi connectivity index (χ3n) is 6.10. The van der Waals surface area contributed by atoms with Gasteiger partial charge in [0.15, 0.2) is 6.61 Å². The number of esters is 1. The molecule has 146 valence electrons. The van der Waals surface area contributed by atoms with Crippen molar-refractivity contribution in [2.75, 3.05) is 23.4 Å². The molecule has 4 rings (SSSR count). The number of hydrogen-bond acceptors (Lipinski definition) is 5. The molecule has 27 heavy (non-hydrogen) atoms. The summed E-state index contributed by atoms with van der Waals surface area (Å²) in [4.78, 5) is 24.7. The molecule has 0 radical (unpaired) electrons. The second-order valence-corrected chi connectivity index (χ2v) is 10.9. The lowest BCUT2D eigenvalue weighted by Crippen LogP contribution is -2.48. The lowest BCUT2D eigenvalue weighted by Gasteiger charge is -2.51. The molecule has 2 bridgehead atoms. The van der Waals surface area contributed by atoms with E-state index in [0.29, 0.717) is 15.9 Å². The van der Waals surface area contributed by atoms with Crippen molar-refractivity contribution in [3.8, 4) is 0 Å². The Morgan fingerprint density at radius 1 is 1.19 bits per heavy atom. The van der Waals surface area contributed by atoms with Crippen molar-refractivity contribution < 1.29 is 14.3 Å². The maximum atomic E-state index is 12.6. The number of rotatable bonds is 4. The van der Waals surface area contributed by atoms with Crippen LogP contribution >= 0.6 is 23.5 Å². The first kappa shape index (κ1) is 19.2. The molecule has 3 aliphatic rings. The SMILES string of the molecule is Cc1cccc(NC(=O)COC(=O)C2C[C@H]3CCC[C@@H](C2)C32SCCS2)c1. The smallest absolute Gasteiger partial charge is 0.309 e. The molecule has 1 aromatic rings. The van der Waals surface area contributed by atoms with Crippen molar-refractivity contribution >= 4 is 41.1 Å². The highest BCUT2D eigenvalue weighted by Gasteiger charge is 2.55. The molecule has 4 nitrogen and oxygen atoms in total. The van der Waals surface area contributed by atoms with Crippen LogP contribution in [0.1, 0.15) is 37.7 Å². The fraction of sp³-hybridized carbons (Fsp3) is 0.619. The van der Waals surface area contributed by atoms with Crippen molar-refractivity contribution in [3.05, 3.63) is 29.8 Å².